The van der Waals surface area contributed by atoms with Gasteiger partial charge in [-0.2, -0.15) is 0 Å². The Bertz CT molecular complexity index is 579. The molecule has 2 amide bonds. The lowest BCUT2D eigenvalue weighted by molar-refractivity contribution is -0.143. The number of methoxy groups -OCH3 is 1. The highest BCUT2D eigenvalue weighted by Gasteiger charge is 2.57. The van der Waals surface area contributed by atoms with Crippen LogP contribution in [0.5, 0.6) is 0 Å². The average Bonchev–Trinajstić information content (AvgIpc) is 3.25. The standard InChI is InChI=1S/C17H21NO3/c1-11-5-3-4-6-13(11)15-16(20)18-14(19)9-17(15,10-21-2)12-7-8-12/h3-6,12,15H,7-10H2,1-2H3,(H,18,19,20). The molecule has 2 aliphatic rings. The summed E-state index contributed by atoms with van der Waals surface area (Å²) in [5.74, 6) is -0.251. The molecule has 0 spiro atoms. The van der Waals surface area contributed by atoms with Crippen LogP contribution in [0.2, 0.25) is 0 Å². The molecule has 1 saturated carbocycles. The maximum absolute atomic E-state index is 12.6. The van der Waals surface area contributed by atoms with Gasteiger partial charge in [0.2, 0.25) is 11.8 Å². The lowest BCUT2D eigenvalue weighted by Gasteiger charge is -2.43. The Hall–Kier alpha value is -1.68. The van der Waals surface area contributed by atoms with Gasteiger partial charge in [0.25, 0.3) is 0 Å². The number of hydrogen-bond acceptors (Lipinski definition) is 3. The summed E-state index contributed by atoms with van der Waals surface area (Å²) in [6.07, 6.45) is 2.52. The van der Waals surface area contributed by atoms with Gasteiger partial charge in [-0.15, -0.1) is 0 Å². The van der Waals surface area contributed by atoms with Crippen LogP contribution in [0.3, 0.4) is 0 Å². The molecule has 1 aliphatic heterocycles. The first-order chi connectivity index (χ1) is 10.1. The Morgan fingerprint density at radius 3 is 2.62 bits per heavy atom. The molecular formula is C17H21NO3. The van der Waals surface area contributed by atoms with Gasteiger partial charge in [-0.25, -0.2) is 0 Å². The number of nitrogens with one attached hydrogen (secondary N) is 1. The number of benzene rings is 1. The van der Waals surface area contributed by atoms with E-state index >= 15 is 0 Å². The Balaban J connectivity index is 2.10. The first-order valence-corrected chi connectivity index (χ1v) is 7.46. The summed E-state index contributed by atoms with van der Waals surface area (Å²) in [5, 5.41) is 2.52. The fraction of sp³-hybridized carbons (Fsp3) is 0.529. The minimum atomic E-state index is -0.389. The molecule has 4 heteroatoms. The van der Waals surface area contributed by atoms with Gasteiger partial charge in [-0.1, -0.05) is 24.3 Å². The second kappa shape index (κ2) is 5.26. The largest absolute Gasteiger partial charge is 0.384 e. The lowest BCUT2D eigenvalue weighted by Crippen LogP contribution is -2.53. The first-order valence-electron chi connectivity index (χ1n) is 7.46. The quantitative estimate of drug-likeness (QED) is 0.863. The van der Waals surface area contributed by atoms with E-state index in [1.54, 1.807) is 7.11 Å². The fourth-order valence-corrected chi connectivity index (χ4v) is 3.84. The van der Waals surface area contributed by atoms with Crippen molar-refractivity contribution in [2.45, 2.75) is 32.1 Å². The lowest BCUT2D eigenvalue weighted by atomic mass is 9.64. The number of carbonyl (C=O) groups excluding carboxylic acids is 2. The zero-order valence-electron chi connectivity index (χ0n) is 12.5. The van der Waals surface area contributed by atoms with E-state index in [0.29, 0.717) is 18.9 Å². The maximum atomic E-state index is 12.6. The molecule has 1 heterocycles. The summed E-state index contributed by atoms with van der Waals surface area (Å²) < 4.78 is 5.44. The molecule has 1 aromatic carbocycles. The van der Waals surface area contributed by atoms with Crippen molar-refractivity contribution < 1.29 is 14.3 Å². The van der Waals surface area contributed by atoms with Gasteiger partial charge in [-0.3, -0.25) is 14.9 Å². The monoisotopic (exact) mass is 287 g/mol. The van der Waals surface area contributed by atoms with E-state index in [2.05, 4.69) is 5.32 Å². The summed E-state index contributed by atoms with van der Waals surface area (Å²) in [4.78, 5) is 24.6. The van der Waals surface area contributed by atoms with E-state index in [-0.39, 0.29) is 23.1 Å². The van der Waals surface area contributed by atoms with Crippen molar-refractivity contribution >= 4 is 11.8 Å². The summed E-state index contributed by atoms with van der Waals surface area (Å²) >= 11 is 0. The molecule has 1 aliphatic carbocycles. The molecule has 112 valence electrons. The highest BCUT2D eigenvalue weighted by molar-refractivity contribution is 6.02. The Morgan fingerprint density at radius 2 is 2.00 bits per heavy atom. The minimum absolute atomic E-state index is 0.172. The first kappa shape index (κ1) is 14.3. The van der Waals surface area contributed by atoms with E-state index in [1.165, 1.54) is 0 Å². The number of hydrogen-bond donors (Lipinski definition) is 1. The van der Waals surface area contributed by atoms with E-state index in [4.69, 9.17) is 4.74 Å². The third-order valence-corrected chi connectivity index (χ3v) is 4.89. The predicted octanol–water partition coefficient (Wildman–Crippen LogP) is 2.17. The summed E-state index contributed by atoms with van der Waals surface area (Å²) in [6.45, 7) is 2.47. The third-order valence-electron chi connectivity index (χ3n) is 4.89. The van der Waals surface area contributed by atoms with Gasteiger partial charge in [-0.05, 0) is 36.8 Å². The molecule has 2 fully saturated rings. The summed E-state index contributed by atoms with van der Waals surface area (Å²) in [6, 6.07) is 7.95. The van der Waals surface area contributed by atoms with Crippen molar-refractivity contribution in [3.63, 3.8) is 0 Å². The maximum Gasteiger partial charge on any atom is 0.234 e. The second-order valence-corrected chi connectivity index (χ2v) is 6.32. The predicted molar refractivity (Wildman–Crippen MR) is 78.7 cm³/mol. The number of aryl methyl sites for hydroxylation is 1. The van der Waals surface area contributed by atoms with Crippen LogP contribution in [0.4, 0.5) is 0 Å². The molecule has 2 unspecified atom stereocenters. The molecule has 0 radical (unpaired) electrons. The number of ether oxygens (including phenoxy) is 1. The van der Waals surface area contributed by atoms with E-state index < -0.39 is 0 Å². The van der Waals surface area contributed by atoms with Gasteiger partial charge in [0.1, 0.15) is 0 Å². The molecule has 2 atom stereocenters. The molecule has 0 bridgehead atoms. The molecule has 1 N–H and O–H groups in total. The highest BCUT2D eigenvalue weighted by atomic mass is 16.5. The number of rotatable bonds is 4. The van der Waals surface area contributed by atoms with Crippen LogP contribution in [-0.4, -0.2) is 25.5 Å². The Morgan fingerprint density at radius 1 is 1.29 bits per heavy atom. The topological polar surface area (TPSA) is 55.4 Å². The van der Waals surface area contributed by atoms with Crippen LogP contribution in [0, 0.1) is 18.3 Å². The van der Waals surface area contributed by atoms with Crippen molar-refractivity contribution in [3.05, 3.63) is 35.4 Å². The molecule has 4 nitrogen and oxygen atoms in total. The minimum Gasteiger partial charge on any atom is -0.384 e. The smallest absolute Gasteiger partial charge is 0.234 e. The number of carbonyl (C=O) groups is 2. The van der Waals surface area contributed by atoms with Crippen molar-refractivity contribution in [1.82, 2.24) is 5.32 Å². The highest BCUT2D eigenvalue weighted by Crippen LogP contribution is 2.57. The molecular weight excluding hydrogens is 266 g/mol. The molecule has 1 saturated heterocycles. The normalized spacial score (nSPS) is 29.3. The Kier molecular flexibility index (Phi) is 3.57. The SMILES string of the molecule is COCC1(C2CC2)CC(=O)NC(=O)C1c1ccccc1C. The Labute approximate surface area is 124 Å². The van der Waals surface area contributed by atoms with Crippen LogP contribution in [0.1, 0.15) is 36.3 Å². The van der Waals surface area contributed by atoms with E-state index in [0.717, 1.165) is 24.0 Å². The molecule has 21 heavy (non-hydrogen) atoms. The summed E-state index contributed by atoms with van der Waals surface area (Å²) in [7, 11) is 1.65. The molecule has 1 aromatic rings. The second-order valence-electron chi connectivity index (χ2n) is 6.32. The van der Waals surface area contributed by atoms with Gasteiger partial charge in [0, 0.05) is 18.9 Å². The number of imide groups is 1. The van der Waals surface area contributed by atoms with Crippen molar-refractivity contribution in [2.24, 2.45) is 11.3 Å². The van der Waals surface area contributed by atoms with Gasteiger partial charge >= 0.3 is 0 Å². The molecule has 3 rings (SSSR count). The molecule has 0 aromatic heterocycles. The van der Waals surface area contributed by atoms with Gasteiger partial charge < -0.3 is 4.74 Å². The van der Waals surface area contributed by atoms with Crippen LogP contribution in [-0.2, 0) is 14.3 Å². The number of amides is 2. The van der Waals surface area contributed by atoms with E-state index in [1.807, 2.05) is 31.2 Å². The van der Waals surface area contributed by atoms with Crippen LogP contribution < -0.4 is 5.32 Å². The van der Waals surface area contributed by atoms with Gasteiger partial charge in [0.15, 0.2) is 0 Å². The van der Waals surface area contributed by atoms with Crippen molar-refractivity contribution in [3.8, 4) is 0 Å². The zero-order chi connectivity index (χ0) is 15.0. The third kappa shape index (κ3) is 2.38. The number of piperidine rings is 1. The fourth-order valence-electron chi connectivity index (χ4n) is 3.84. The average molecular weight is 287 g/mol. The van der Waals surface area contributed by atoms with Crippen LogP contribution >= 0.6 is 0 Å². The van der Waals surface area contributed by atoms with Crippen molar-refractivity contribution in [2.75, 3.05) is 13.7 Å². The van der Waals surface area contributed by atoms with Crippen LogP contribution in [0.25, 0.3) is 0 Å². The summed E-state index contributed by atoms with van der Waals surface area (Å²) in [5.41, 5.74) is 1.72. The van der Waals surface area contributed by atoms with Gasteiger partial charge in [0.05, 0.1) is 12.5 Å². The zero-order valence-corrected chi connectivity index (χ0v) is 12.5. The van der Waals surface area contributed by atoms with Crippen molar-refractivity contribution in [1.29, 1.82) is 0 Å². The van der Waals surface area contributed by atoms with Crippen LogP contribution in [0.15, 0.2) is 24.3 Å². The van der Waals surface area contributed by atoms with E-state index in [9.17, 15) is 9.59 Å².